The van der Waals surface area contributed by atoms with Crippen LogP contribution >= 0.6 is 0 Å². The van der Waals surface area contributed by atoms with Gasteiger partial charge in [0.15, 0.2) is 0 Å². The lowest BCUT2D eigenvalue weighted by atomic mass is 10.3. The number of carbonyl (C=O) groups is 1. The Kier molecular flexibility index (Phi) is 4.39. The van der Waals surface area contributed by atoms with Crippen molar-refractivity contribution in [1.82, 2.24) is 0 Å². The lowest BCUT2D eigenvalue weighted by Gasteiger charge is -2.08. The molecular formula is C15H13NO4S. The molecule has 108 valence electrons. The van der Waals surface area contributed by atoms with Gasteiger partial charge in [0.2, 0.25) is 0 Å². The van der Waals surface area contributed by atoms with E-state index in [-0.39, 0.29) is 10.6 Å². The molecule has 2 aromatic carbocycles. The maximum absolute atomic E-state index is 12.2. The highest BCUT2D eigenvalue weighted by Crippen LogP contribution is 2.19. The fourth-order valence-corrected chi connectivity index (χ4v) is 2.62. The van der Waals surface area contributed by atoms with Gasteiger partial charge in [-0.25, -0.2) is 13.2 Å². The fraction of sp³-hybridized carbons (Fsp3) is 0. The molecule has 0 heterocycles. The number of esters is 1. The van der Waals surface area contributed by atoms with Gasteiger partial charge in [0, 0.05) is 11.8 Å². The molecule has 0 fully saturated rings. The van der Waals surface area contributed by atoms with E-state index in [1.165, 1.54) is 24.3 Å². The number of hydrogen-bond donors (Lipinski definition) is 1. The van der Waals surface area contributed by atoms with Gasteiger partial charge in [-0.3, -0.25) is 4.72 Å². The number of rotatable bonds is 5. The predicted molar refractivity (Wildman–Crippen MR) is 79.5 cm³/mol. The van der Waals surface area contributed by atoms with Crippen LogP contribution in [-0.2, 0) is 14.8 Å². The number of hydrogen-bond acceptors (Lipinski definition) is 4. The third-order valence-electron chi connectivity index (χ3n) is 2.55. The van der Waals surface area contributed by atoms with Crippen LogP contribution in [0.4, 0.5) is 5.69 Å². The Bertz CT molecular complexity index is 737. The molecule has 0 aliphatic rings. The molecular weight excluding hydrogens is 290 g/mol. The van der Waals surface area contributed by atoms with Crippen LogP contribution in [0.25, 0.3) is 0 Å². The van der Waals surface area contributed by atoms with Gasteiger partial charge in [0.25, 0.3) is 10.0 Å². The molecule has 0 aliphatic heterocycles. The molecule has 0 unspecified atom stereocenters. The molecule has 0 spiro atoms. The maximum atomic E-state index is 12.2. The number of carbonyl (C=O) groups excluding carboxylic acids is 1. The van der Waals surface area contributed by atoms with E-state index >= 15 is 0 Å². The first kappa shape index (κ1) is 14.8. The van der Waals surface area contributed by atoms with Crippen molar-refractivity contribution in [1.29, 1.82) is 0 Å². The summed E-state index contributed by atoms with van der Waals surface area (Å²) in [4.78, 5) is 11.1. The molecule has 0 radical (unpaired) electrons. The van der Waals surface area contributed by atoms with Crippen LogP contribution in [0, 0.1) is 0 Å². The van der Waals surface area contributed by atoms with Gasteiger partial charge in [0.05, 0.1) is 4.90 Å². The number of nitrogens with one attached hydrogen (secondary N) is 1. The molecule has 0 atom stereocenters. The molecule has 0 aromatic heterocycles. The zero-order chi connectivity index (χ0) is 15.3. The van der Waals surface area contributed by atoms with E-state index in [1.807, 2.05) is 0 Å². The van der Waals surface area contributed by atoms with Crippen molar-refractivity contribution >= 4 is 21.7 Å². The third-order valence-corrected chi connectivity index (χ3v) is 3.94. The topological polar surface area (TPSA) is 72.5 Å². The van der Waals surface area contributed by atoms with Gasteiger partial charge in [-0.15, -0.1) is 0 Å². The van der Waals surface area contributed by atoms with E-state index in [0.29, 0.717) is 5.69 Å². The molecule has 0 amide bonds. The lowest BCUT2D eigenvalue weighted by molar-refractivity contribution is -0.128. The summed E-state index contributed by atoms with van der Waals surface area (Å²) in [6.45, 7) is 3.28. The van der Waals surface area contributed by atoms with Crippen molar-refractivity contribution in [3.63, 3.8) is 0 Å². The molecule has 0 bridgehead atoms. The van der Waals surface area contributed by atoms with Gasteiger partial charge < -0.3 is 4.74 Å². The van der Waals surface area contributed by atoms with Gasteiger partial charge in [-0.1, -0.05) is 24.8 Å². The Morgan fingerprint density at radius 2 is 1.67 bits per heavy atom. The minimum Gasteiger partial charge on any atom is -0.423 e. The van der Waals surface area contributed by atoms with Crippen LogP contribution in [0.3, 0.4) is 0 Å². The van der Waals surface area contributed by atoms with Crippen LogP contribution in [0.1, 0.15) is 0 Å². The molecule has 0 saturated heterocycles. The predicted octanol–water partition coefficient (Wildman–Crippen LogP) is 2.58. The van der Waals surface area contributed by atoms with E-state index in [9.17, 15) is 13.2 Å². The molecule has 6 heteroatoms. The Labute approximate surface area is 122 Å². The SMILES string of the molecule is C=CC(=O)Oc1ccc(S(=O)(=O)Nc2ccccc2)cc1. The van der Waals surface area contributed by atoms with Gasteiger partial charge >= 0.3 is 5.97 Å². The fourth-order valence-electron chi connectivity index (χ4n) is 1.56. The number of sulfonamides is 1. The van der Waals surface area contributed by atoms with E-state index in [0.717, 1.165) is 6.08 Å². The Hall–Kier alpha value is -2.60. The Balaban J connectivity index is 2.17. The average Bonchev–Trinajstić information content (AvgIpc) is 2.48. The standard InChI is InChI=1S/C15H13NO4S/c1-2-15(17)20-13-8-10-14(11-9-13)21(18,19)16-12-6-4-3-5-7-12/h2-11,16H,1H2. The van der Waals surface area contributed by atoms with Crippen molar-refractivity contribution in [3.05, 3.63) is 67.3 Å². The Morgan fingerprint density at radius 3 is 2.24 bits per heavy atom. The maximum Gasteiger partial charge on any atom is 0.335 e. The number of anilines is 1. The van der Waals surface area contributed by atoms with Crippen molar-refractivity contribution < 1.29 is 17.9 Å². The summed E-state index contributed by atoms with van der Waals surface area (Å²) in [6.07, 6.45) is 1.03. The summed E-state index contributed by atoms with van der Waals surface area (Å²) in [5.41, 5.74) is 0.472. The lowest BCUT2D eigenvalue weighted by Crippen LogP contribution is -2.12. The van der Waals surface area contributed by atoms with Crippen molar-refractivity contribution in [2.24, 2.45) is 0 Å². The van der Waals surface area contributed by atoms with Crippen LogP contribution in [0.15, 0.2) is 72.1 Å². The molecule has 2 rings (SSSR count). The number of benzene rings is 2. The average molecular weight is 303 g/mol. The molecule has 5 nitrogen and oxygen atoms in total. The minimum atomic E-state index is -3.67. The third kappa shape index (κ3) is 3.93. The monoisotopic (exact) mass is 303 g/mol. The second kappa shape index (κ2) is 6.23. The summed E-state index contributed by atoms with van der Waals surface area (Å²) in [5.74, 6) is -0.355. The molecule has 21 heavy (non-hydrogen) atoms. The van der Waals surface area contributed by atoms with E-state index in [2.05, 4.69) is 11.3 Å². The molecule has 2 aromatic rings. The van der Waals surface area contributed by atoms with Crippen LogP contribution < -0.4 is 9.46 Å². The van der Waals surface area contributed by atoms with Crippen molar-refractivity contribution in [3.8, 4) is 5.75 Å². The van der Waals surface area contributed by atoms with Crippen molar-refractivity contribution in [2.75, 3.05) is 4.72 Å². The van der Waals surface area contributed by atoms with Crippen LogP contribution in [0.2, 0.25) is 0 Å². The highest BCUT2D eigenvalue weighted by atomic mass is 32.2. The second-order valence-corrected chi connectivity index (χ2v) is 5.75. The van der Waals surface area contributed by atoms with Gasteiger partial charge in [-0.05, 0) is 36.4 Å². The van der Waals surface area contributed by atoms with Crippen LogP contribution in [0.5, 0.6) is 5.75 Å². The van der Waals surface area contributed by atoms with Gasteiger partial charge in [0.1, 0.15) is 5.75 Å². The van der Waals surface area contributed by atoms with Crippen LogP contribution in [-0.4, -0.2) is 14.4 Å². The Morgan fingerprint density at radius 1 is 1.05 bits per heavy atom. The van der Waals surface area contributed by atoms with E-state index < -0.39 is 16.0 Å². The number of para-hydroxylation sites is 1. The normalized spacial score (nSPS) is 10.7. The van der Waals surface area contributed by atoms with Crippen molar-refractivity contribution in [2.45, 2.75) is 4.90 Å². The highest BCUT2D eigenvalue weighted by molar-refractivity contribution is 7.92. The first-order chi connectivity index (χ1) is 10.0. The molecule has 0 aliphatic carbocycles. The summed E-state index contributed by atoms with van der Waals surface area (Å²) in [6, 6.07) is 14.1. The zero-order valence-corrected chi connectivity index (χ0v) is 11.8. The summed E-state index contributed by atoms with van der Waals surface area (Å²) in [5, 5.41) is 0. The minimum absolute atomic E-state index is 0.0738. The van der Waals surface area contributed by atoms with Gasteiger partial charge in [-0.2, -0.15) is 0 Å². The quantitative estimate of drug-likeness (QED) is 0.523. The summed E-state index contributed by atoms with van der Waals surface area (Å²) in [7, 11) is -3.67. The largest absolute Gasteiger partial charge is 0.423 e. The zero-order valence-electron chi connectivity index (χ0n) is 11.0. The first-order valence-corrected chi connectivity index (χ1v) is 7.52. The van der Waals surface area contributed by atoms with E-state index in [1.54, 1.807) is 30.3 Å². The smallest absolute Gasteiger partial charge is 0.335 e. The summed E-state index contributed by atoms with van der Waals surface area (Å²) >= 11 is 0. The highest BCUT2D eigenvalue weighted by Gasteiger charge is 2.14. The summed E-state index contributed by atoms with van der Waals surface area (Å²) < 4.78 is 31.6. The number of ether oxygens (including phenoxy) is 1. The van der Waals surface area contributed by atoms with E-state index in [4.69, 9.17) is 4.74 Å². The second-order valence-electron chi connectivity index (χ2n) is 4.07. The molecule has 0 saturated carbocycles. The molecule has 1 N–H and O–H groups in total. The first-order valence-electron chi connectivity index (χ1n) is 6.03.